The Morgan fingerprint density at radius 2 is 1.89 bits per heavy atom. The lowest BCUT2D eigenvalue weighted by Gasteiger charge is -2.21. The lowest BCUT2D eigenvalue weighted by Crippen LogP contribution is -2.18. The van der Waals surface area contributed by atoms with E-state index in [1.54, 1.807) is 30.1 Å². The summed E-state index contributed by atoms with van der Waals surface area (Å²) in [5, 5.41) is 0.538. The van der Waals surface area contributed by atoms with Crippen molar-refractivity contribution < 1.29 is 8.78 Å². The van der Waals surface area contributed by atoms with Crippen LogP contribution < -0.4 is 10.6 Å². The highest BCUT2D eigenvalue weighted by Crippen LogP contribution is 2.27. The Bertz CT molecular complexity index is 602. The van der Waals surface area contributed by atoms with Crippen molar-refractivity contribution in [2.45, 2.75) is 6.54 Å². The molecule has 0 atom stereocenters. The molecule has 5 heteroatoms. The van der Waals surface area contributed by atoms with Gasteiger partial charge < -0.3 is 10.6 Å². The van der Waals surface area contributed by atoms with E-state index >= 15 is 0 Å². The monoisotopic (exact) mass is 282 g/mol. The average molecular weight is 283 g/mol. The Hall–Kier alpha value is -1.81. The van der Waals surface area contributed by atoms with Crippen LogP contribution in [-0.2, 0) is 6.54 Å². The van der Waals surface area contributed by atoms with Crippen LogP contribution in [0.4, 0.5) is 20.2 Å². The van der Waals surface area contributed by atoms with E-state index < -0.39 is 11.6 Å². The van der Waals surface area contributed by atoms with Crippen molar-refractivity contribution in [3.8, 4) is 0 Å². The van der Waals surface area contributed by atoms with Crippen molar-refractivity contribution in [3.63, 3.8) is 0 Å². The summed E-state index contributed by atoms with van der Waals surface area (Å²) in [4.78, 5) is 1.72. The van der Waals surface area contributed by atoms with E-state index in [1.165, 1.54) is 6.07 Å². The SMILES string of the molecule is CN(Cc1cc(F)ccc1F)c1cc(Cl)ccc1N. The number of halogens is 3. The predicted octanol–water partition coefficient (Wildman–Crippen LogP) is 3.84. The van der Waals surface area contributed by atoms with Gasteiger partial charge >= 0.3 is 0 Å². The molecule has 2 N–H and O–H groups in total. The van der Waals surface area contributed by atoms with Gasteiger partial charge in [0.15, 0.2) is 0 Å². The van der Waals surface area contributed by atoms with Crippen LogP contribution in [0.2, 0.25) is 5.02 Å². The molecule has 0 radical (unpaired) electrons. The van der Waals surface area contributed by atoms with Gasteiger partial charge in [-0.1, -0.05) is 11.6 Å². The molecular weight excluding hydrogens is 270 g/mol. The first kappa shape index (κ1) is 13.6. The molecule has 0 unspecified atom stereocenters. The smallest absolute Gasteiger partial charge is 0.128 e. The maximum absolute atomic E-state index is 13.6. The van der Waals surface area contributed by atoms with Crippen molar-refractivity contribution in [1.29, 1.82) is 0 Å². The second-order valence-electron chi connectivity index (χ2n) is 4.29. The predicted molar refractivity (Wildman–Crippen MR) is 74.3 cm³/mol. The van der Waals surface area contributed by atoms with E-state index in [9.17, 15) is 8.78 Å². The van der Waals surface area contributed by atoms with Crippen molar-refractivity contribution in [2.24, 2.45) is 0 Å². The zero-order chi connectivity index (χ0) is 14.0. The molecule has 0 saturated carbocycles. The first-order chi connectivity index (χ1) is 8.97. The molecule has 2 aromatic rings. The highest BCUT2D eigenvalue weighted by molar-refractivity contribution is 6.31. The molecule has 2 rings (SSSR count). The van der Waals surface area contributed by atoms with Crippen LogP contribution in [0.5, 0.6) is 0 Å². The third-order valence-corrected chi connectivity index (χ3v) is 3.05. The number of nitrogen functional groups attached to an aromatic ring is 1. The zero-order valence-corrected chi connectivity index (χ0v) is 11.1. The fourth-order valence-electron chi connectivity index (χ4n) is 1.85. The Morgan fingerprint density at radius 1 is 1.16 bits per heavy atom. The van der Waals surface area contributed by atoms with Crippen molar-refractivity contribution in [1.82, 2.24) is 0 Å². The Balaban J connectivity index is 2.27. The lowest BCUT2D eigenvalue weighted by atomic mass is 10.1. The van der Waals surface area contributed by atoms with E-state index in [-0.39, 0.29) is 12.1 Å². The van der Waals surface area contributed by atoms with Gasteiger partial charge in [0.1, 0.15) is 11.6 Å². The first-order valence-electron chi connectivity index (χ1n) is 5.67. The summed E-state index contributed by atoms with van der Waals surface area (Å²) in [7, 11) is 1.74. The number of hydrogen-bond donors (Lipinski definition) is 1. The maximum atomic E-state index is 13.6. The second-order valence-corrected chi connectivity index (χ2v) is 4.73. The summed E-state index contributed by atoms with van der Waals surface area (Å²) < 4.78 is 26.7. The van der Waals surface area contributed by atoms with Gasteiger partial charge in [-0.15, -0.1) is 0 Å². The average Bonchev–Trinajstić information content (AvgIpc) is 2.36. The van der Waals surface area contributed by atoms with Crippen LogP contribution in [0.3, 0.4) is 0 Å². The largest absolute Gasteiger partial charge is 0.397 e. The van der Waals surface area contributed by atoms with Crippen molar-refractivity contribution in [3.05, 3.63) is 58.6 Å². The summed E-state index contributed by atoms with van der Waals surface area (Å²) in [5.41, 5.74) is 7.32. The molecule has 0 bridgehead atoms. The highest BCUT2D eigenvalue weighted by Gasteiger charge is 2.10. The maximum Gasteiger partial charge on any atom is 0.128 e. The van der Waals surface area contributed by atoms with Gasteiger partial charge in [-0.2, -0.15) is 0 Å². The number of nitrogens with zero attached hydrogens (tertiary/aromatic N) is 1. The molecule has 0 amide bonds. The molecule has 0 fully saturated rings. The molecule has 0 aliphatic heterocycles. The molecule has 2 aromatic carbocycles. The van der Waals surface area contributed by atoms with Crippen molar-refractivity contribution in [2.75, 3.05) is 17.7 Å². The third kappa shape index (κ3) is 3.15. The third-order valence-electron chi connectivity index (χ3n) is 2.82. The molecule has 0 spiro atoms. The molecule has 100 valence electrons. The Labute approximate surface area is 115 Å². The minimum atomic E-state index is -0.469. The van der Waals surface area contributed by atoms with E-state index in [1.807, 2.05) is 0 Å². The van der Waals surface area contributed by atoms with E-state index in [2.05, 4.69) is 0 Å². The molecule has 0 aliphatic carbocycles. The van der Waals surface area contributed by atoms with Gasteiger partial charge in [0, 0.05) is 24.2 Å². The van der Waals surface area contributed by atoms with E-state index in [0.717, 1.165) is 12.1 Å². The Morgan fingerprint density at radius 3 is 2.63 bits per heavy atom. The summed E-state index contributed by atoms with van der Waals surface area (Å²) in [6.07, 6.45) is 0. The first-order valence-corrected chi connectivity index (χ1v) is 6.05. The van der Waals surface area contributed by atoms with Crippen molar-refractivity contribution >= 4 is 23.0 Å². The number of benzene rings is 2. The van der Waals surface area contributed by atoms with Gasteiger partial charge in [0.2, 0.25) is 0 Å². The summed E-state index contributed by atoms with van der Waals surface area (Å²) in [6, 6.07) is 8.42. The molecule has 0 saturated heterocycles. The summed E-state index contributed by atoms with van der Waals surface area (Å²) in [5.74, 6) is -0.919. The van der Waals surface area contributed by atoms with Gasteiger partial charge in [0.05, 0.1) is 11.4 Å². The normalized spacial score (nSPS) is 10.5. The van der Waals surface area contributed by atoms with Crippen LogP contribution in [-0.4, -0.2) is 7.05 Å². The van der Waals surface area contributed by atoms with E-state index in [4.69, 9.17) is 17.3 Å². The van der Waals surface area contributed by atoms with Gasteiger partial charge in [-0.3, -0.25) is 0 Å². The number of rotatable bonds is 3. The number of hydrogen-bond acceptors (Lipinski definition) is 2. The van der Waals surface area contributed by atoms with Gasteiger partial charge in [0.25, 0.3) is 0 Å². The quantitative estimate of drug-likeness (QED) is 0.867. The minimum absolute atomic E-state index is 0.203. The fourth-order valence-corrected chi connectivity index (χ4v) is 2.02. The summed E-state index contributed by atoms with van der Waals surface area (Å²) >= 11 is 5.90. The van der Waals surface area contributed by atoms with Crippen LogP contribution in [0.1, 0.15) is 5.56 Å². The highest BCUT2D eigenvalue weighted by atomic mass is 35.5. The van der Waals surface area contributed by atoms with Gasteiger partial charge in [-0.05, 0) is 36.4 Å². The molecule has 0 aromatic heterocycles. The summed E-state index contributed by atoms with van der Waals surface area (Å²) in [6.45, 7) is 0.203. The van der Waals surface area contributed by atoms with Crippen LogP contribution in [0.15, 0.2) is 36.4 Å². The van der Waals surface area contributed by atoms with Crippen LogP contribution in [0.25, 0.3) is 0 Å². The van der Waals surface area contributed by atoms with Crippen LogP contribution in [0, 0.1) is 11.6 Å². The standard InChI is InChI=1S/C14H13ClF2N2/c1-19(14-7-10(15)2-5-13(14)18)8-9-6-11(16)3-4-12(9)17/h2-7H,8,18H2,1H3. The molecule has 19 heavy (non-hydrogen) atoms. The second kappa shape index (κ2) is 5.45. The van der Waals surface area contributed by atoms with E-state index in [0.29, 0.717) is 16.4 Å². The molecule has 0 aliphatic rings. The zero-order valence-electron chi connectivity index (χ0n) is 10.3. The molecule has 0 heterocycles. The minimum Gasteiger partial charge on any atom is -0.397 e. The number of nitrogens with two attached hydrogens (primary N) is 1. The fraction of sp³-hybridized carbons (Fsp3) is 0.143. The Kier molecular flexibility index (Phi) is 3.90. The lowest BCUT2D eigenvalue weighted by molar-refractivity contribution is 0.583. The van der Waals surface area contributed by atoms with Gasteiger partial charge in [-0.25, -0.2) is 8.78 Å². The molecule has 2 nitrogen and oxygen atoms in total. The molecular formula is C14H13ClF2N2. The number of anilines is 2. The topological polar surface area (TPSA) is 29.3 Å². The van der Waals surface area contributed by atoms with Crippen LogP contribution >= 0.6 is 11.6 Å².